The van der Waals surface area contributed by atoms with E-state index in [-0.39, 0.29) is 12.7 Å². The molecule has 0 aromatic carbocycles. The lowest BCUT2D eigenvalue weighted by atomic mass is 10.0. The van der Waals surface area contributed by atoms with Crippen LogP contribution in [0.3, 0.4) is 0 Å². The van der Waals surface area contributed by atoms with E-state index in [4.69, 9.17) is 13.8 Å². The number of nitrogens with zero attached hydrogens (tertiary/aromatic N) is 1. The van der Waals surface area contributed by atoms with Crippen LogP contribution in [0.2, 0.25) is 0 Å². The topological polar surface area (TPSA) is 68.2 Å². The summed E-state index contributed by atoms with van der Waals surface area (Å²) in [4.78, 5) is 22.5. The first-order valence-corrected chi connectivity index (χ1v) is 15.7. The summed E-state index contributed by atoms with van der Waals surface area (Å²) < 4.78 is 15.7. The van der Waals surface area contributed by atoms with Gasteiger partial charge in [0.2, 0.25) is 0 Å². The molecule has 0 heterocycles. The number of likely N-dealkylation sites (N-methyl/N-ethyl adjacent to an activating group) is 1. The quantitative estimate of drug-likeness (QED) is 0.0611. The minimum absolute atomic E-state index is 0.182. The van der Waals surface area contributed by atoms with Crippen LogP contribution in [0.1, 0.15) is 135 Å². The van der Waals surface area contributed by atoms with Crippen molar-refractivity contribution < 1.29 is 23.5 Å². The van der Waals surface area contributed by atoms with Crippen molar-refractivity contribution in [2.75, 3.05) is 33.9 Å². The van der Waals surface area contributed by atoms with Gasteiger partial charge in [0.15, 0.2) is 0 Å². The molecule has 7 heteroatoms. The molecule has 0 saturated carbocycles. The highest BCUT2D eigenvalue weighted by Crippen LogP contribution is 2.33. The molecule has 35 heavy (non-hydrogen) atoms. The lowest BCUT2D eigenvalue weighted by molar-refractivity contribution is -0.135. The number of carbonyl (C=O) groups excluding carboxylic acids is 1. The maximum Gasteiger partial charge on any atom is 0.330 e. The molecule has 6 nitrogen and oxygen atoms in total. The van der Waals surface area contributed by atoms with Gasteiger partial charge < -0.3 is 23.6 Å². The minimum Gasteiger partial charge on any atom is -0.462 e. The average molecular weight is 520 g/mol. The third-order valence-corrected chi connectivity index (χ3v) is 7.26. The summed E-state index contributed by atoms with van der Waals surface area (Å²) in [6.45, 7) is 4.06. The van der Waals surface area contributed by atoms with Gasteiger partial charge in [-0.3, -0.25) is 4.79 Å². The molecule has 0 aliphatic heterocycles. The third kappa shape index (κ3) is 28.2. The van der Waals surface area contributed by atoms with E-state index in [1.165, 1.54) is 109 Å². The first-order valence-electron chi connectivity index (χ1n) is 14.6. The molecular weight excluding hydrogens is 461 g/mol. The van der Waals surface area contributed by atoms with Crippen LogP contribution in [-0.4, -0.2) is 56.2 Å². The van der Waals surface area contributed by atoms with E-state index >= 15 is 0 Å². The Morgan fingerprint density at radius 2 is 1.14 bits per heavy atom. The molecule has 0 saturated heterocycles. The van der Waals surface area contributed by atoms with Crippen molar-refractivity contribution in [3.63, 3.8) is 0 Å². The zero-order valence-corrected chi connectivity index (χ0v) is 24.3. The van der Waals surface area contributed by atoms with Gasteiger partial charge in [0.1, 0.15) is 6.10 Å². The molecule has 0 spiro atoms. The van der Waals surface area contributed by atoms with Crippen LogP contribution in [0, 0.1) is 0 Å². The standard InChI is InChI=1S/C28H58NO5P/c1-4-5-6-7-8-9-10-11-12-13-14-15-16-17-18-19-20-21-22-23-28(32-27-30)26-34-35(31)33-25-24-29(2)3/h27-28,31H,4-26H2,1-3H3. The van der Waals surface area contributed by atoms with Gasteiger partial charge >= 0.3 is 8.60 Å². The summed E-state index contributed by atoms with van der Waals surface area (Å²) in [7, 11) is 1.97. The smallest absolute Gasteiger partial charge is 0.330 e. The molecule has 0 aliphatic rings. The highest BCUT2D eigenvalue weighted by atomic mass is 31.2. The van der Waals surface area contributed by atoms with Gasteiger partial charge in [-0.15, -0.1) is 0 Å². The molecule has 0 radical (unpaired) electrons. The second-order valence-electron chi connectivity index (χ2n) is 10.2. The van der Waals surface area contributed by atoms with E-state index in [0.29, 0.717) is 13.1 Å². The van der Waals surface area contributed by atoms with Crippen molar-refractivity contribution in [3.05, 3.63) is 0 Å². The fourth-order valence-corrected chi connectivity index (χ4v) is 4.81. The molecule has 0 rings (SSSR count). The Balaban J connectivity index is 3.41. The second kappa shape index (κ2) is 28.3. The van der Waals surface area contributed by atoms with Crippen LogP contribution in [0.5, 0.6) is 0 Å². The van der Waals surface area contributed by atoms with E-state index in [1.54, 1.807) is 0 Å². The van der Waals surface area contributed by atoms with Crippen molar-refractivity contribution in [3.8, 4) is 0 Å². The van der Waals surface area contributed by atoms with Crippen molar-refractivity contribution in [2.45, 2.75) is 141 Å². The molecule has 2 unspecified atom stereocenters. The summed E-state index contributed by atoms with van der Waals surface area (Å²) in [5.41, 5.74) is 0. The van der Waals surface area contributed by atoms with Crippen LogP contribution in [0.4, 0.5) is 0 Å². The summed E-state index contributed by atoms with van der Waals surface area (Å²) in [5, 5.41) is 0. The number of hydrogen-bond donors (Lipinski definition) is 1. The molecule has 0 amide bonds. The number of rotatable bonds is 29. The van der Waals surface area contributed by atoms with E-state index in [9.17, 15) is 9.69 Å². The Hall–Kier alpha value is -0.260. The van der Waals surface area contributed by atoms with Gasteiger partial charge in [-0.2, -0.15) is 0 Å². The van der Waals surface area contributed by atoms with E-state index in [1.807, 2.05) is 19.0 Å². The van der Waals surface area contributed by atoms with Gasteiger partial charge in [0, 0.05) is 6.54 Å². The summed E-state index contributed by atoms with van der Waals surface area (Å²) in [6.07, 6.45) is 26.2. The van der Waals surface area contributed by atoms with E-state index < -0.39 is 8.60 Å². The molecule has 1 N–H and O–H groups in total. The normalized spacial score (nSPS) is 13.3. The van der Waals surface area contributed by atoms with Gasteiger partial charge in [-0.05, 0) is 26.9 Å². The van der Waals surface area contributed by atoms with Crippen LogP contribution < -0.4 is 0 Å². The zero-order chi connectivity index (χ0) is 25.8. The Labute approximate surface area is 218 Å². The maximum absolute atomic E-state index is 10.7. The molecule has 0 aromatic heterocycles. The SMILES string of the molecule is CCCCCCCCCCCCCCCCCCCCCC(COP(O)OCCN(C)C)OC=O. The summed E-state index contributed by atoms with van der Waals surface area (Å²) >= 11 is 0. The van der Waals surface area contributed by atoms with Crippen molar-refractivity contribution in [1.82, 2.24) is 4.90 Å². The first kappa shape index (κ1) is 34.7. The number of ether oxygens (including phenoxy) is 1. The van der Waals surface area contributed by atoms with Crippen LogP contribution in [0.15, 0.2) is 0 Å². The summed E-state index contributed by atoms with van der Waals surface area (Å²) in [6, 6.07) is 0. The Kier molecular flexibility index (Phi) is 28.1. The second-order valence-corrected chi connectivity index (χ2v) is 11.2. The lowest BCUT2D eigenvalue weighted by Crippen LogP contribution is -2.20. The molecule has 2 atom stereocenters. The number of carbonyl (C=O) groups is 1. The van der Waals surface area contributed by atoms with Crippen molar-refractivity contribution in [2.24, 2.45) is 0 Å². The predicted molar refractivity (Wildman–Crippen MR) is 149 cm³/mol. The minimum atomic E-state index is -1.92. The zero-order valence-electron chi connectivity index (χ0n) is 23.4. The molecule has 0 aromatic rings. The largest absolute Gasteiger partial charge is 0.462 e. The predicted octanol–water partition coefficient (Wildman–Crippen LogP) is 8.16. The Bertz CT molecular complexity index is 428. The van der Waals surface area contributed by atoms with Crippen LogP contribution in [-0.2, 0) is 18.6 Å². The molecule has 210 valence electrons. The van der Waals surface area contributed by atoms with Gasteiger partial charge in [-0.1, -0.05) is 122 Å². The molecule has 0 bridgehead atoms. The van der Waals surface area contributed by atoms with Gasteiger partial charge in [0.05, 0.1) is 13.2 Å². The lowest BCUT2D eigenvalue weighted by Gasteiger charge is -2.18. The number of unbranched alkanes of at least 4 members (excludes halogenated alkanes) is 18. The molecule has 0 fully saturated rings. The summed E-state index contributed by atoms with van der Waals surface area (Å²) in [5.74, 6) is 0. The average Bonchev–Trinajstić information content (AvgIpc) is 2.83. The highest BCUT2D eigenvalue weighted by Gasteiger charge is 2.14. The van der Waals surface area contributed by atoms with E-state index in [2.05, 4.69) is 6.92 Å². The molecule has 0 aliphatic carbocycles. The highest BCUT2D eigenvalue weighted by molar-refractivity contribution is 7.40. The van der Waals surface area contributed by atoms with Gasteiger partial charge in [0.25, 0.3) is 6.47 Å². The first-order chi connectivity index (χ1) is 17.1. The maximum atomic E-state index is 10.7. The molecular formula is C28H58NO5P. The van der Waals surface area contributed by atoms with Crippen LogP contribution >= 0.6 is 8.60 Å². The Morgan fingerprint density at radius 1 is 0.714 bits per heavy atom. The Morgan fingerprint density at radius 3 is 1.54 bits per heavy atom. The number of hydrogen-bond acceptors (Lipinski definition) is 6. The monoisotopic (exact) mass is 519 g/mol. The van der Waals surface area contributed by atoms with Crippen molar-refractivity contribution >= 4 is 15.1 Å². The fourth-order valence-electron chi connectivity index (χ4n) is 4.21. The van der Waals surface area contributed by atoms with Crippen molar-refractivity contribution in [1.29, 1.82) is 0 Å². The van der Waals surface area contributed by atoms with E-state index in [0.717, 1.165) is 25.8 Å². The van der Waals surface area contributed by atoms with Crippen LogP contribution in [0.25, 0.3) is 0 Å². The fraction of sp³-hybridized carbons (Fsp3) is 0.964. The third-order valence-electron chi connectivity index (χ3n) is 6.49. The van der Waals surface area contributed by atoms with Gasteiger partial charge in [-0.25, -0.2) is 0 Å².